The molecule has 2 unspecified atom stereocenters. The van der Waals surface area contributed by atoms with Crippen molar-refractivity contribution < 1.29 is 0 Å². The molecule has 5 aromatic carbocycles. The van der Waals surface area contributed by atoms with Crippen molar-refractivity contribution in [2.45, 2.75) is 24.9 Å². The lowest BCUT2D eigenvalue weighted by Gasteiger charge is -2.23. The van der Waals surface area contributed by atoms with Crippen molar-refractivity contribution in [1.29, 1.82) is 0 Å². The summed E-state index contributed by atoms with van der Waals surface area (Å²) in [5.41, 5.74) is 7.45. The van der Waals surface area contributed by atoms with E-state index in [1.165, 1.54) is 22.3 Å². The molecule has 2 nitrogen and oxygen atoms in total. The van der Waals surface area contributed by atoms with Gasteiger partial charge in [-0.25, -0.2) is 0 Å². The Morgan fingerprint density at radius 1 is 0.361 bits per heavy atom. The largest absolute Gasteiger partial charge is 0.378 e. The Balaban J connectivity index is 1.32. The fraction of sp³-hybridized carbons (Fsp3) is 0.118. The number of hydrogen-bond donors (Lipinski definition) is 2. The van der Waals surface area contributed by atoms with E-state index in [4.69, 9.17) is 0 Å². The van der Waals surface area contributed by atoms with Gasteiger partial charge in [0.1, 0.15) is 0 Å². The number of rotatable bonds is 10. The highest BCUT2D eigenvalue weighted by Crippen LogP contribution is 2.27. The van der Waals surface area contributed by atoms with Gasteiger partial charge in [0.2, 0.25) is 0 Å². The Labute approximate surface area is 214 Å². The van der Waals surface area contributed by atoms with Crippen LogP contribution in [0, 0.1) is 0 Å². The Bertz CT molecular complexity index is 1200. The van der Waals surface area contributed by atoms with Crippen LogP contribution in [0.2, 0.25) is 0 Å². The third-order valence-corrected chi connectivity index (χ3v) is 6.54. The van der Waals surface area contributed by atoms with Crippen LogP contribution < -0.4 is 10.6 Å². The molecule has 2 heteroatoms. The first-order valence-electron chi connectivity index (χ1n) is 12.6. The molecular formula is C34H32N2. The van der Waals surface area contributed by atoms with Gasteiger partial charge in [-0.1, -0.05) is 121 Å². The standard InChI is InChI=1S/C34H32N2/c1-5-13-27(14-6-1)25-33(29-17-9-3-10-18-29)35-31-21-23-32(24-22-31)36-34(30-19-11-4-12-20-30)26-28-15-7-2-8-16-28/h1-24,33-36H,25-26H2. The second-order valence-corrected chi connectivity index (χ2v) is 9.17. The zero-order valence-electron chi connectivity index (χ0n) is 20.4. The molecule has 36 heavy (non-hydrogen) atoms. The third-order valence-electron chi connectivity index (χ3n) is 6.54. The summed E-state index contributed by atoms with van der Waals surface area (Å²) in [5.74, 6) is 0. The maximum absolute atomic E-state index is 3.77. The Morgan fingerprint density at radius 3 is 1.00 bits per heavy atom. The minimum absolute atomic E-state index is 0.197. The summed E-state index contributed by atoms with van der Waals surface area (Å²) in [6.07, 6.45) is 1.86. The molecule has 0 aliphatic rings. The highest BCUT2D eigenvalue weighted by atomic mass is 14.9. The van der Waals surface area contributed by atoms with Crippen LogP contribution in [-0.4, -0.2) is 0 Å². The summed E-state index contributed by atoms with van der Waals surface area (Å²) in [7, 11) is 0. The average Bonchev–Trinajstić information content (AvgIpc) is 2.95. The van der Waals surface area contributed by atoms with Gasteiger partial charge in [0.05, 0.1) is 12.1 Å². The molecule has 178 valence electrons. The minimum Gasteiger partial charge on any atom is -0.378 e. The summed E-state index contributed by atoms with van der Waals surface area (Å²) < 4.78 is 0. The van der Waals surface area contributed by atoms with Crippen molar-refractivity contribution in [2.75, 3.05) is 10.6 Å². The molecule has 0 aromatic heterocycles. The van der Waals surface area contributed by atoms with Crippen molar-refractivity contribution in [3.63, 3.8) is 0 Å². The highest BCUT2D eigenvalue weighted by Gasteiger charge is 2.14. The predicted octanol–water partition coefficient (Wildman–Crippen LogP) is 8.48. The van der Waals surface area contributed by atoms with Gasteiger partial charge in [0, 0.05) is 11.4 Å². The van der Waals surface area contributed by atoms with Gasteiger partial charge in [0.15, 0.2) is 0 Å². The van der Waals surface area contributed by atoms with Crippen molar-refractivity contribution in [1.82, 2.24) is 0 Å². The smallest absolute Gasteiger partial charge is 0.0554 e. The molecule has 0 fully saturated rings. The molecule has 0 amide bonds. The molecule has 2 atom stereocenters. The van der Waals surface area contributed by atoms with Crippen molar-refractivity contribution in [3.05, 3.63) is 168 Å². The second kappa shape index (κ2) is 11.9. The summed E-state index contributed by atoms with van der Waals surface area (Å²) in [6.45, 7) is 0. The summed E-state index contributed by atoms with van der Waals surface area (Å²) >= 11 is 0. The van der Waals surface area contributed by atoms with Crippen LogP contribution in [0.3, 0.4) is 0 Å². The van der Waals surface area contributed by atoms with Crippen LogP contribution in [0.25, 0.3) is 0 Å². The average molecular weight is 469 g/mol. The van der Waals surface area contributed by atoms with E-state index in [2.05, 4.69) is 156 Å². The fourth-order valence-electron chi connectivity index (χ4n) is 4.64. The molecule has 5 aromatic rings. The molecule has 0 heterocycles. The summed E-state index contributed by atoms with van der Waals surface area (Å²) in [6, 6.07) is 51.8. The van der Waals surface area contributed by atoms with E-state index in [1.54, 1.807) is 0 Å². The molecule has 0 saturated heterocycles. The van der Waals surface area contributed by atoms with Crippen molar-refractivity contribution in [2.24, 2.45) is 0 Å². The van der Waals surface area contributed by atoms with Gasteiger partial charge in [-0.05, 0) is 59.4 Å². The van der Waals surface area contributed by atoms with Crippen LogP contribution in [0.1, 0.15) is 34.3 Å². The Kier molecular flexibility index (Phi) is 7.75. The van der Waals surface area contributed by atoms with E-state index < -0.39 is 0 Å². The maximum atomic E-state index is 3.77. The van der Waals surface area contributed by atoms with Crippen LogP contribution in [-0.2, 0) is 12.8 Å². The summed E-state index contributed by atoms with van der Waals surface area (Å²) in [5, 5.41) is 7.54. The maximum Gasteiger partial charge on any atom is 0.0554 e. The van der Waals surface area contributed by atoms with Gasteiger partial charge in [0.25, 0.3) is 0 Å². The zero-order chi connectivity index (χ0) is 24.4. The minimum atomic E-state index is 0.197. The Hall–Kier alpha value is -4.30. The molecule has 0 radical (unpaired) electrons. The first kappa shape index (κ1) is 23.4. The SMILES string of the molecule is c1ccc(CC(Nc2ccc(NC(Cc3ccccc3)c3ccccc3)cc2)c2ccccc2)cc1. The van der Waals surface area contributed by atoms with E-state index in [9.17, 15) is 0 Å². The lowest BCUT2D eigenvalue weighted by molar-refractivity contribution is 0.773. The molecule has 0 spiro atoms. The van der Waals surface area contributed by atoms with E-state index >= 15 is 0 Å². The quantitative estimate of drug-likeness (QED) is 0.215. The Morgan fingerprint density at radius 2 is 0.667 bits per heavy atom. The zero-order valence-corrected chi connectivity index (χ0v) is 20.4. The first-order chi connectivity index (χ1) is 17.8. The number of nitrogens with one attached hydrogen (secondary N) is 2. The molecule has 0 aliphatic carbocycles. The van der Waals surface area contributed by atoms with Crippen molar-refractivity contribution >= 4 is 11.4 Å². The number of benzene rings is 5. The van der Waals surface area contributed by atoms with Gasteiger partial charge in [-0.15, -0.1) is 0 Å². The van der Waals surface area contributed by atoms with E-state index in [0.29, 0.717) is 0 Å². The van der Waals surface area contributed by atoms with E-state index in [0.717, 1.165) is 24.2 Å². The molecular weight excluding hydrogens is 436 g/mol. The van der Waals surface area contributed by atoms with Crippen LogP contribution in [0.5, 0.6) is 0 Å². The first-order valence-corrected chi connectivity index (χ1v) is 12.6. The summed E-state index contributed by atoms with van der Waals surface area (Å²) in [4.78, 5) is 0. The molecule has 2 N–H and O–H groups in total. The van der Waals surface area contributed by atoms with E-state index in [-0.39, 0.29) is 12.1 Å². The molecule has 5 rings (SSSR count). The van der Waals surface area contributed by atoms with Gasteiger partial charge >= 0.3 is 0 Å². The van der Waals surface area contributed by atoms with Crippen LogP contribution in [0.4, 0.5) is 11.4 Å². The topological polar surface area (TPSA) is 24.1 Å². The third kappa shape index (κ3) is 6.43. The monoisotopic (exact) mass is 468 g/mol. The second-order valence-electron chi connectivity index (χ2n) is 9.17. The molecule has 0 saturated carbocycles. The van der Waals surface area contributed by atoms with Gasteiger partial charge < -0.3 is 10.6 Å². The molecule has 0 aliphatic heterocycles. The predicted molar refractivity (Wildman–Crippen MR) is 152 cm³/mol. The van der Waals surface area contributed by atoms with Crippen molar-refractivity contribution in [3.8, 4) is 0 Å². The number of anilines is 2. The van der Waals surface area contributed by atoms with Gasteiger partial charge in [-0.3, -0.25) is 0 Å². The van der Waals surface area contributed by atoms with Gasteiger partial charge in [-0.2, -0.15) is 0 Å². The van der Waals surface area contributed by atoms with Crippen LogP contribution >= 0.6 is 0 Å². The number of hydrogen-bond acceptors (Lipinski definition) is 2. The van der Waals surface area contributed by atoms with Crippen LogP contribution in [0.15, 0.2) is 146 Å². The lowest BCUT2D eigenvalue weighted by atomic mass is 9.98. The normalized spacial score (nSPS) is 12.4. The molecule has 0 bridgehead atoms. The lowest BCUT2D eigenvalue weighted by Crippen LogP contribution is -2.15. The fourth-order valence-corrected chi connectivity index (χ4v) is 4.64. The van der Waals surface area contributed by atoms with E-state index in [1.807, 2.05) is 0 Å². The highest BCUT2D eigenvalue weighted by molar-refractivity contribution is 5.56.